The molecule has 1 amide bonds. The second kappa shape index (κ2) is 9.14. The van der Waals surface area contributed by atoms with Gasteiger partial charge in [0, 0.05) is 23.7 Å². The largest absolute Gasteiger partial charge is 0.507 e. The minimum Gasteiger partial charge on any atom is -0.507 e. The molecule has 2 aliphatic rings. The molecule has 2 aliphatic heterocycles. The van der Waals surface area contributed by atoms with Gasteiger partial charge in [0.1, 0.15) is 5.76 Å². The Kier molecular flexibility index (Phi) is 6.30. The number of hydrogen-bond donors (Lipinski definition) is 1. The molecule has 0 saturated carbocycles. The molecule has 2 fully saturated rings. The van der Waals surface area contributed by atoms with Gasteiger partial charge in [-0.05, 0) is 54.8 Å². The van der Waals surface area contributed by atoms with Crippen molar-refractivity contribution in [2.45, 2.75) is 25.0 Å². The number of hydrogen-bond acceptors (Lipinski definition) is 6. The second-order valence-corrected chi connectivity index (χ2v) is 8.14. The summed E-state index contributed by atoms with van der Waals surface area (Å²) in [6.07, 6.45) is 1.49. The summed E-state index contributed by atoms with van der Waals surface area (Å²) in [5.41, 5.74) is 1.29. The number of esters is 1. The van der Waals surface area contributed by atoms with Crippen molar-refractivity contribution in [3.8, 4) is 0 Å². The van der Waals surface area contributed by atoms with Crippen molar-refractivity contribution in [3.05, 3.63) is 75.8 Å². The molecule has 7 nitrogen and oxygen atoms in total. The summed E-state index contributed by atoms with van der Waals surface area (Å²) in [7, 11) is 1.29. The summed E-state index contributed by atoms with van der Waals surface area (Å²) in [6, 6.07) is 12.0. The van der Waals surface area contributed by atoms with Crippen molar-refractivity contribution in [1.82, 2.24) is 4.90 Å². The van der Waals surface area contributed by atoms with E-state index in [0.29, 0.717) is 28.3 Å². The molecule has 0 aromatic heterocycles. The highest BCUT2D eigenvalue weighted by atomic mass is 35.5. The van der Waals surface area contributed by atoms with Crippen LogP contribution in [0.4, 0.5) is 0 Å². The fraction of sp³-hybridized carbons (Fsp3) is 0.292. The number of carbonyl (C=O) groups excluding carboxylic acids is 3. The van der Waals surface area contributed by atoms with Gasteiger partial charge in [0.25, 0.3) is 11.7 Å². The summed E-state index contributed by atoms with van der Waals surface area (Å²) in [5, 5.41) is 11.5. The fourth-order valence-electron chi connectivity index (χ4n) is 4.11. The molecule has 0 aliphatic carbocycles. The smallest absolute Gasteiger partial charge is 0.337 e. The summed E-state index contributed by atoms with van der Waals surface area (Å²) < 4.78 is 10.4. The average molecular weight is 456 g/mol. The summed E-state index contributed by atoms with van der Waals surface area (Å²) in [6.45, 7) is 0.837. The maximum absolute atomic E-state index is 13.0. The first-order valence-electron chi connectivity index (χ1n) is 10.2. The van der Waals surface area contributed by atoms with Gasteiger partial charge >= 0.3 is 5.97 Å². The van der Waals surface area contributed by atoms with Gasteiger partial charge in [0.05, 0.1) is 30.4 Å². The minimum absolute atomic E-state index is 0.0128. The average Bonchev–Trinajstić information content (AvgIpc) is 3.41. The van der Waals surface area contributed by atoms with E-state index >= 15 is 0 Å². The van der Waals surface area contributed by atoms with Crippen molar-refractivity contribution >= 4 is 35.0 Å². The monoisotopic (exact) mass is 455 g/mol. The molecular weight excluding hydrogens is 434 g/mol. The molecule has 166 valence electrons. The van der Waals surface area contributed by atoms with E-state index in [4.69, 9.17) is 21.1 Å². The van der Waals surface area contributed by atoms with Crippen molar-refractivity contribution in [3.63, 3.8) is 0 Å². The van der Waals surface area contributed by atoms with Crippen LogP contribution in [-0.4, -0.2) is 54.0 Å². The Hall–Kier alpha value is -3.16. The zero-order chi connectivity index (χ0) is 22.8. The van der Waals surface area contributed by atoms with Crippen molar-refractivity contribution < 1.29 is 29.0 Å². The quantitative estimate of drug-likeness (QED) is 0.319. The van der Waals surface area contributed by atoms with Crippen LogP contribution >= 0.6 is 11.6 Å². The molecule has 0 spiro atoms. The Morgan fingerprint density at radius 1 is 1.12 bits per heavy atom. The third kappa shape index (κ3) is 4.13. The van der Waals surface area contributed by atoms with Crippen LogP contribution in [0.3, 0.4) is 0 Å². The number of aliphatic hydroxyl groups excluding tert-OH is 1. The van der Waals surface area contributed by atoms with Crippen LogP contribution in [0.25, 0.3) is 5.76 Å². The highest BCUT2D eigenvalue weighted by Gasteiger charge is 2.47. The Labute approximate surface area is 190 Å². The highest BCUT2D eigenvalue weighted by Crippen LogP contribution is 2.40. The lowest BCUT2D eigenvalue weighted by molar-refractivity contribution is -0.140. The van der Waals surface area contributed by atoms with Gasteiger partial charge in [0.2, 0.25) is 0 Å². The number of ketones is 1. The Balaban J connectivity index is 1.80. The zero-order valence-electron chi connectivity index (χ0n) is 17.4. The first kappa shape index (κ1) is 22.0. The molecule has 2 aromatic rings. The molecule has 8 heteroatoms. The number of amides is 1. The molecule has 2 aromatic carbocycles. The first-order valence-corrected chi connectivity index (χ1v) is 10.6. The van der Waals surface area contributed by atoms with E-state index in [-0.39, 0.29) is 24.0 Å². The maximum Gasteiger partial charge on any atom is 0.337 e. The number of methoxy groups -OCH3 is 1. The standard InChI is InChI=1S/C24H22ClNO6/c1-31-24(30)16-6-4-14(5-7-16)20-19(21(27)15-8-10-17(25)11-9-15)22(28)23(29)26(20)13-18-3-2-12-32-18/h4-11,18,20,27H,2-3,12-13H2,1H3/b21-19+. The first-order chi connectivity index (χ1) is 15.4. The van der Waals surface area contributed by atoms with Gasteiger partial charge in [0.15, 0.2) is 0 Å². The molecular formula is C24H22ClNO6. The van der Waals surface area contributed by atoms with Crippen molar-refractivity contribution in [2.24, 2.45) is 0 Å². The second-order valence-electron chi connectivity index (χ2n) is 7.71. The number of carbonyl (C=O) groups is 3. The minimum atomic E-state index is -0.818. The molecule has 4 rings (SSSR count). The third-order valence-corrected chi connectivity index (χ3v) is 5.98. The normalized spacial score (nSPS) is 22.4. The third-order valence-electron chi connectivity index (χ3n) is 5.73. The van der Waals surface area contributed by atoms with Gasteiger partial charge < -0.3 is 19.5 Å². The predicted molar refractivity (Wildman–Crippen MR) is 117 cm³/mol. The topological polar surface area (TPSA) is 93.1 Å². The summed E-state index contributed by atoms with van der Waals surface area (Å²) in [5.74, 6) is -2.24. The molecule has 2 unspecified atom stereocenters. The number of Topliss-reactive ketones (excluding diaryl/α,β-unsaturated/α-hetero) is 1. The lowest BCUT2D eigenvalue weighted by atomic mass is 9.94. The van der Waals surface area contributed by atoms with Crippen molar-refractivity contribution in [2.75, 3.05) is 20.3 Å². The molecule has 2 heterocycles. The molecule has 2 saturated heterocycles. The van der Waals surface area contributed by atoms with Gasteiger partial charge in [-0.2, -0.15) is 0 Å². The molecule has 32 heavy (non-hydrogen) atoms. The number of benzene rings is 2. The number of likely N-dealkylation sites (tertiary alicyclic amines) is 1. The number of nitrogens with zero attached hydrogens (tertiary/aromatic N) is 1. The number of halogens is 1. The van der Waals surface area contributed by atoms with E-state index < -0.39 is 23.7 Å². The van der Waals surface area contributed by atoms with Crippen LogP contribution in [0.1, 0.15) is 40.4 Å². The van der Waals surface area contributed by atoms with Crippen LogP contribution in [0.15, 0.2) is 54.1 Å². The van der Waals surface area contributed by atoms with Crippen LogP contribution in [-0.2, 0) is 19.1 Å². The van der Waals surface area contributed by atoms with Gasteiger partial charge in [-0.15, -0.1) is 0 Å². The fourth-order valence-corrected chi connectivity index (χ4v) is 4.23. The van der Waals surface area contributed by atoms with Crippen LogP contribution in [0, 0.1) is 0 Å². The molecule has 2 atom stereocenters. The highest BCUT2D eigenvalue weighted by molar-refractivity contribution is 6.46. The van der Waals surface area contributed by atoms with E-state index in [2.05, 4.69) is 0 Å². The molecule has 0 radical (unpaired) electrons. The zero-order valence-corrected chi connectivity index (χ0v) is 18.2. The summed E-state index contributed by atoms with van der Waals surface area (Å²) >= 11 is 5.94. The Morgan fingerprint density at radius 3 is 2.38 bits per heavy atom. The lowest BCUT2D eigenvalue weighted by Crippen LogP contribution is -2.36. The Morgan fingerprint density at radius 2 is 1.78 bits per heavy atom. The van der Waals surface area contributed by atoms with Gasteiger partial charge in [-0.25, -0.2) is 4.79 Å². The number of ether oxygens (including phenoxy) is 2. The van der Waals surface area contributed by atoms with E-state index in [0.717, 1.165) is 12.8 Å². The Bertz CT molecular complexity index is 1070. The van der Waals surface area contributed by atoms with Gasteiger partial charge in [-0.1, -0.05) is 23.7 Å². The van der Waals surface area contributed by atoms with Crippen LogP contribution in [0.2, 0.25) is 5.02 Å². The van der Waals surface area contributed by atoms with E-state index in [1.54, 1.807) is 48.5 Å². The predicted octanol–water partition coefficient (Wildman–Crippen LogP) is 3.73. The lowest BCUT2D eigenvalue weighted by Gasteiger charge is -2.27. The number of aliphatic hydroxyl groups is 1. The molecule has 1 N–H and O–H groups in total. The SMILES string of the molecule is COC(=O)c1ccc(C2/C(=C(\O)c3ccc(Cl)cc3)C(=O)C(=O)N2CC2CCCO2)cc1. The summed E-state index contributed by atoms with van der Waals surface area (Å²) in [4.78, 5) is 39.3. The van der Waals surface area contributed by atoms with Crippen molar-refractivity contribution in [1.29, 1.82) is 0 Å². The maximum atomic E-state index is 13.0. The number of rotatable bonds is 5. The van der Waals surface area contributed by atoms with Crippen LogP contribution < -0.4 is 0 Å². The molecule has 0 bridgehead atoms. The van der Waals surface area contributed by atoms with Gasteiger partial charge in [-0.3, -0.25) is 9.59 Å². The van der Waals surface area contributed by atoms with E-state index in [9.17, 15) is 19.5 Å². The van der Waals surface area contributed by atoms with E-state index in [1.807, 2.05) is 0 Å². The van der Waals surface area contributed by atoms with Crippen LogP contribution in [0.5, 0.6) is 0 Å². The van der Waals surface area contributed by atoms with E-state index in [1.165, 1.54) is 12.0 Å².